The lowest BCUT2D eigenvalue weighted by Crippen LogP contribution is -2.38. The van der Waals surface area contributed by atoms with Crippen molar-refractivity contribution in [3.05, 3.63) is 94.8 Å². The van der Waals surface area contributed by atoms with Crippen molar-refractivity contribution in [3.63, 3.8) is 0 Å². The Bertz CT molecular complexity index is 1130. The number of carbonyl (C=O) groups is 1. The van der Waals surface area contributed by atoms with Gasteiger partial charge in [-0.1, -0.05) is 42.5 Å². The molecule has 33 heavy (non-hydrogen) atoms. The van der Waals surface area contributed by atoms with Crippen LogP contribution >= 0.6 is 0 Å². The Morgan fingerprint density at radius 1 is 0.939 bits per heavy atom. The van der Waals surface area contributed by atoms with Gasteiger partial charge in [-0.3, -0.25) is 9.69 Å². The summed E-state index contributed by atoms with van der Waals surface area (Å²) in [6.07, 6.45) is 2.62. The first-order valence-corrected chi connectivity index (χ1v) is 11.7. The summed E-state index contributed by atoms with van der Waals surface area (Å²) < 4.78 is 26.6. The topological polar surface area (TPSA) is 32.3 Å². The van der Waals surface area contributed by atoms with Gasteiger partial charge >= 0.3 is 0 Å². The molecule has 3 aromatic carbocycles. The number of nitrogens with zero attached hydrogens (tertiary/aromatic N) is 1. The molecule has 0 spiro atoms. The molecule has 2 atom stereocenters. The first-order valence-electron chi connectivity index (χ1n) is 11.7. The highest BCUT2D eigenvalue weighted by atomic mass is 19.1. The Labute approximate surface area is 193 Å². The zero-order valence-corrected chi connectivity index (χ0v) is 18.6. The Hall–Kier alpha value is -3.05. The third-order valence-electron chi connectivity index (χ3n) is 6.78. The van der Waals surface area contributed by atoms with Gasteiger partial charge in [0.15, 0.2) is 0 Å². The standard InChI is InChI=1S/C28H28F2N2O/c29-25-10-7-21(8-11-25)20-3-5-22(6-4-20)28(33)31-27-12-9-23-15-19(1-2-24(23)16-27)17-32-14-13-26(30)18-32/h1-8,10-11,15,26-27H,9,12-14,16-18H2,(H,31,33). The van der Waals surface area contributed by atoms with Crippen LogP contribution in [-0.2, 0) is 19.4 Å². The molecule has 2 aliphatic rings. The number of carbonyl (C=O) groups excluding carboxylic acids is 1. The summed E-state index contributed by atoms with van der Waals surface area (Å²) >= 11 is 0. The minimum atomic E-state index is -0.689. The predicted octanol–water partition coefficient (Wildman–Crippen LogP) is 5.32. The second-order valence-corrected chi connectivity index (χ2v) is 9.22. The summed E-state index contributed by atoms with van der Waals surface area (Å²) in [7, 11) is 0. The van der Waals surface area contributed by atoms with Crippen molar-refractivity contribution in [1.29, 1.82) is 0 Å². The average molecular weight is 447 g/mol. The van der Waals surface area contributed by atoms with Crippen LogP contribution in [0.15, 0.2) is 66.7 Å². The summed E-state index contributed by atoms with van der Waals surface area (Å²) in [5.41, 5.74) is 6.36. The second-order valence-electron chi connectivity index (χ2n) is 9.22. The normalized spacial score (nSPS) is 20.4. The van der Waals surface area contributed by atoms with Crippen LogP contribution in [0.3, 0.4) is 0 Å². The molecule has 1 aliphatic carbocycles. The van der Waals surface area contributed by atoms with Gasteiger partial charge in [0, 0.05) is 31.2 Å². The van der Waals surface area contributed by atoms with Gasteiger partial charge < -0.3 is 5.32 Å². The molecule has 0 radical (unpaired) electrons. The lowest BCUT2D eigenvalue weighted by atomic mass is 9.87. The largest absolute Gasteiger partial charge is 0.349 e. The molecule has 2 unspecified atom stereocenters. The molecule has 1 heterocycles. The molecule has 1 amide bonds. The lowest BCUT2D eigenvalue weighted by Gasteiger charge is -2.26. The smallest absolute Gasteiger partial charge is 0.251 e. The monoisotopic (exact) mass is 446 g/mol. The van der Waals surface area contributed by atoms with Crippen molar-refractivity contribution in [2.24, 2.45) is 0 Å². The zero-order chi connectivity index (χ0) is 22.8. The molecule has 0 saturated carbocycles. The summed E-state index contributed by atoms with van der Waals surface area (Å²) in [5.74, 6) is -0.331. The molecule has 1 aliphatic heterocycles. The minimum Gasteiger partial charge on any atom is -0.349 e. The van der Waals surface area contributed by atoms with Crippen LogP contribution in [0.4, 0.5) is 8.78 Å². The average Bonchev–Trinajstić information content (AvgIpc) is 3.24. The number of nitrogens with one attached hydrogen (secondary N) is 1. The van der Waals surface area contributed by atoms with Gasteiger partial charge in [-0.2, -0.15) is 0 Å². The van der Waals surface area contributed by atoms with E-state index < -0.39 is 6.17 Å². The third-order valence-corrected chi connectivity index (χ3v) is 6.78. The maximum Gasteiger partial charge on any atom is 0.251 e. The molecular weight excluding hydrogens is 418 g/mol. The highest BCUT2D eigenvalue weighted by molar-refractivity contribution is 5.94. The van der Waals surface area contributed by atoms with E-state index in [9.17, 15) is 13.6 Å². The SMILES string of the molecule is O=C(NC1CCc2cc(CN3CCC(F)C3)ccc2C1)c1ccc(-c2ccc(F)cc2)cc1. The van der Waals surface area contributed by atoms with Crippen molar-refractivity contribution >= 4 is 5.91 Å². The van der Waals surface area contributed by atoms with Gasteiger partial charge in [-0.05, 0) is 77.8 Å². The van der Waals surface area contributed by atoms with Crippen LogP contribution in [0.1, 0.15) is 39.9 Å². The molecule has 3 aromatic rings. The number of alkyl halides is 1. The quantitative estimate of drug-likeness (QED) is 0.575. The second kappa shape index (κ2) is 9.44. The van der Waals surface area contributed by atoms with E-state index in [2.05, 4.69) is 28.4 Å². The molecule has 5 rings (SSSR count). The maximum atomic E-state index is 13.4. The molecule has 0 bridgehead atoms. The first kappa shape index (κ1) is 21.8. The Morgan fingerprint density at radius 3 is 2.36 bits per heavy atom. The van der Waals surface area contributed by atoms with E-state index in [1.54, 1.807) is 12.1 Å². The third kappa shape index (κ3) is 5.14. The van der Waals surface area contributed by atoms with Crippen LogP contribution in [0.25, 0.3) is 11.1 Å². The minimum absolute atomic E-state index is 0.0689. The number of likely N-dealkylation sites (tertiary alicyclic amines) is 1. The summed E-state index contributed by atoms with van der Waals surface area (Å²) in [4.78, 5) is 15.0. The number of hydrogen-bond donors (Lipinski definition) is 1. The summed E-state index contributed by atoms with van der Waals surface area (Å²) in [6, 6.07) is 20.4. The van der Waals surface area contributed by atoms with E-state index in [1.165, 1.54) is 28.8 Å². The number of benzene rings is 3. The van der Waals surface area contributed by atoms with Crippen LogP contribution in [-0.4, -0.2) is 36.1 Å². The van der Waals surface area contributed by atoms with Crippen LogP contribution in [0.2, 0.25) is 0 Å². The maximum absolute atomic E-state index is 13.4. The Morgan fingerprint density at radius 2 is 1.67 bits per heavy atom. The van der Waals surface area contributed by atoms with Crippen molar-refractivity contribution in [1.82, 2.24) is 10.2 Å². The molecule has 1 fully saturated rings. The van der Waals surface area contributed by atoms with E-state index in [1.807, 2.05) is 24.3 Å². The van der Waals surface area contributed by atoms with E-state index in [4.69, 9.17) is 0 Å². The van der Waals surface area contributed by atoms with E-state index in [0.717, 1.165) is 43.5 Å². The number of amides is 1. The zero-order valence-electron chi connectivity index (χ0n) is 18.6. The Balaban J connectivity index is 1.19. The molecule has 5 heteroatoms. The van der Waals surface area contributed by atoms with Gasteiger partial charge in [0.2, 0.25) is 0 Å². The van der Waals surface area contributed by atoms with Gasteiger partial charge in [0.25, 0.3) is 5.91 Å². The fourth-order valence-corrected chi connectivity index (χ4v) is 4.94. The summed E-state index contributed by atoms with van der Waals surface area (Å²) in [5, 5.41) is 3.18. The van der Waals surface area contributed by atoms with E-state index in [-0.39, 0.29) is 17.8 Å². The Kier molecular flexibility index (Phi) is 6.23. The molecule has 0 aromatic heterocycles. The van der Waals surface area contributed by atoms with Crippen LogP contribution in [0, 0.1) is 5.82 Å². The van der Waals surface area contributed by atoms with Gasteiger partial charge in [-0.25, -0.2) is 8.78 Å². The number of rotatable bonds is 5. The molecule has 170 valence electrons. The summed E-state index contributed by atoms with van der Waals surface area (Å²) in [6.45, 7) is 2.18. The number of hydrogen-bond acceptors (Lipinski definition) is 2. The predicted molar refractivity (Wildman–Crippen MR) is 126 cm³/mol. The van der Waals surface area contributed by atoms with E-state index in [0.29, 0.717) is 18.5 Å². The number of halogens is 2. The van der Waals surface area contributed by atoms with Gasteiger partial charge in [0.1, 0.15) is 12.0 Å². The first-order chi connectivity index (χ1) is 16.0. The molecule has 1 saturated heterocycles. The van der Waals surface area contributed by atoms with Gasteiger partial charge in [-0.15, -0.1) is 0 Å². The molecule has 1 N–H and O–H groups in total. The lowest BCUT2D eigenvalue weighted by molar-refractivity contribution is 0.0933. The fourth-order valence-electron chi connectivity index (χ4n) is 4.94. The number of fused-ring (bicyclic) bond motifs is 1. The highest BCUT2D eigenvalue weighted by Crippen LogP contribution is 2.25. The number of aryl methyl sites for hydroxylation is 1. The molecule has 3 nitrogen and oxygen atoms in total. The highest BCUT2D eigenvalue weighted by Gasteiger charge is 2.24. The van der Waals surface area contributed by atoms with E-state index >= 15 is 0 Å². The fraction of sp³-hybridized carbons (Fsp3) is 0.321. The van der Waals surface area contributed by atoms with Crippen LogP contribution < -0.4 is 5.32 Å². The van der Waals surface area contributed by atoms with Crippen molar-refractivity contribution in [2.75, 3.05) is 13.1 Å². The molecular formula is C28H28F2N2O. The van der Waals surface area contributed by atoms with Crippen LogP contribution in [0.5, 0.6) is 0 Å². The van der Waals surface area contributed by atoms with Crippen molar-refractivity contribution in [3.8, 4) is 11.1 Å². The van der Waals surface area contributed by atoms with Gasteiger partial charge in [0.05, 0.1) is 0 Å². The van der Waals surface area contributed by atoms with Crippen molar-refractivity contribution < 1.29 is 13.6 Å². The van der Waals surface area contributed by atoms with Crippen molar-refractivity contribution in [2.45, 2.75) is 44.4 Å².